The average molecular weight is 276 g/mol. The number of hydrogen-bond donors (Lipinski definition) is 1. The maximum absolute atomic E-state index is 11.7. The smallest absolute Gasteiger partial charge is 0.236 e. The van der Waals surface area contributed by atoms with Crippen LogP contribution in [0.15, 0.2) is 30.3 Å². The lowest BCUT2D eigenvalue weighted by Gasteiger charge is -2.27. The highest BCUT2D eigenvalue weighted by Crippen LogP contribution is 2.18. The van der Waals surface area contributed by atoms with E-state index in [0.717, 1.165) is 29.6 Å². The molecule has 0 unspecified atom stereocenters. The van der Waals surface area contributed by atoms with Gasteiger partial charge in [0.05, 0.1) is 12.1 Å². The van der Waals surface area contributed by atoms with Crippen LogP contribution in [0.1, 0.15) is 5.56 Å². The predicted molar refractivity (Wildman–Crippen MR) is 75.0 cm³/mol. The van der Waals surface area contributed by atoms with E-state index in [1.807, 2.05) is 23.1 Å². The molecule has 0 radical (unpaired) electrons. The third kappa shape index (κ3) is 2.69. The van der Waals surface area contributed by atoms with Crippen LogP contribution in [0.4, 0.5) is 0 Å². The average Bonchev–Trinajstić information content (AvgIpc) is 2.41. The van der Waals surface area contributed by atoms with Crippen LogP contribution < -0.4 is 5.32 Å². The predicted octanol–water partition coefficient (Wildman–Crippen LogP) is 1.82. The summed E-state index contributed by atoms with van der Waals surface area (Å²) in [5.41, 5.74) is 2.00. The van der Waals surface area contributed by atoms with E-state index in [9.17, 15) is 4.79 Å². The first-order chi connectivity index (χ1) is 9.22. The molecular formula is C14H14ClN3O. The summed E-state index contributed by atoms with van der Waals surface area (Å²) in [6.07, 6.45) is 0. The number of aromatic nitrogens is 1. The molecule has 1 amide bonds. The highest BCUT2D eigenvalue weighted by molar-refractivity contribution is 6.29. The van der Waals surface area contributed by atoms with Crippen molar-refractivity contribution in [1.29, 1.82) is 0 Å². The lowest BCUT2D eigenvalue weighted by atomic mass is 10.1. The Hall–Kier alpha value is -1.65. The molecule has 0 saturated carbocycles. The number of piperazine rings is 1. The van der Waals surface area contributed by atoms with Crippen molar-refractivity contribution in [3.8, 4) is 0 Å². The van der Waals surface area contributed by atoms with E-state index >= 15 is 0 Å². The first kappa shape index (κ1) is 12.4. The second-order valence-corrected chi connectivity index (χ2v) is 5.04. The number of pyridine rings is 1. The van der Waals surface area contributed by atoms with Crippen LogP contribution in [-0.4, -0.2) is 35.4 Å². The van der Waals surface area contributed by atoms with Gasteiger partial charge in [0.15, 0.2) is 0 Å². The topological polar surface area (TPSA) is 45.2 Å². The van der Waals surface area contributed by atoms with Gasteiger partial charge in [0.2, 0.25) is 5.91 Å². The van der Waals surface area contributed by atoms with Gasteiger partial charge in [-0.05, 0) is 29.8 Å². The molecule has 1 aliphatic heterocycles. The van der Waals surface area contributed by atoms with Gasteiger partial charge in [-0.2, -0.15) is 0 Å². The van der Waals surface area contributed by atoms with Crippen LogP contribution in [0.2, 0.25) is 5.15 Å². The van der Waals surface area contributed by atoms with Crippen LogP contribution >= 0.6 is 11.6 Å². The molecule has 2 heterocycles. The molecule has 19 heavy (non-hydrogen) atoms. The van der Waals surface area contributed by atoms with Crippen LogP contribution in [-0.2, 0) is 11.3 Å². The Kier molecular flexibility index (Phi) is 3.36. The molecule has 0 atom stereocenters. The van der Waals surface area contributed by atoms with Gasteiger partial charge >= 0.3 is 0 Å². The molecule has 3 rings (SSSR count). The van der Waals surface area contributed by atoms with E-state index in [2.05, 4.69) is 16.4 Å². The van der Waals surface area contributed by atoms with Gasteiger partial charge in [-0.1, -0.05) is 17.7 Å². The Labute approximate surface area is 116 Å². The van der Waals surface area contributed by atoms with Gasteiger partial charge in [-0.15, -0.1) is 0 Å². The number of carbonyl (C=O) groups is 1. The largest absolute Gasteiger partial charge is 0.336 e. The van der Waals surface area contributed by atoms with Crippen molar-refractivity contribution in [2.75, 3.05) is 19.6 Å². The standard InChI is InChI=1S/C14H14ClN3O/c15-13-4-2-11-7-10(1-3-12(11)17-13)9-18-6-5-16-8-14(18)19/h1-4,7,16H,5-6,8-9H2. The molecule has 1 aromatic carbocycles. The summed E-state index contributed by atoms with van der Waals surface area (Å²) in [4.78, 5) is 17.9. The van der Waals surface area contributed by atoms with Gasteiger partial charge in [-0.25, -0.2) is 4.98 Å². The van der Waals surface area contributed by atoms with Gasteiger partial charge in [-0.3, -0.25) is 4.79 Å². The fraction of sp³-hybridized carbons (Fsp3) is 0.286. The number of carbonyl (C=O) groups excluding carboxylic acids is 1. The SMILES string of the molecule is O=C1CNCCN1Cc1ccc2nc(Cl)ccc2c1. The Bertz CT molecular complexity index is 629. The van der Waals surface area contributed by atoms with Gasteiger partial charge in [0, 0.05) is 25.0 Å². The number of nitrogens with one attached hydrogen (secondary N) is 1. The van der Waals surface area contributed by atoms with Crippen LogP contribution in [0.5, 0.6) is 0 Å². The molecule has 4 nitrogen and oxygen atoms in total. The fourth-order valence-corrected chi connectivity index (χ4v) is 2.44. The zero-order valence-corrected chi connectivity index (χ0v) is 11.2. The van der Waals surface area contributed by atoms with Gasteiger partial charge in [0.1, 0.15) is 5.15 Å². The van der Waals surface area contributed by atoms with E-state index < -0.39 is 0 Å². The molecule has 1 aromatic heterocycles. The minimum absolute atomic E-state index is 0.153. The van der Waals surface area contributed by atoms with Crippen LogP contribution in [0.3, 0.4) is 0 Å². The number of amides is 1. The van der Waals surface area contributed by atoms with E-state index in [4.69, 9.17) is 11.6 Å². The van der Waals surface area contributed by atoms with Crippen molar-refractivity contribution in [3.05, 3.63) is 41.0 Å². The number of rotatable bonds is 2. The van der Waals surface area contributed by atoms with Gasteiger partial charge < -0.3 is 10.2 Å². The number of hydrogen-bond acceptors (Lipinski definition) is 3. The van der Waals surface area contributed by atoms with Crippen molar-refractivity contribution < 1.29 is 4.79 Å². The first-order valence-corrected chi connectivity index (χ1v) is 6.64. The Balaban J connectivity index is 1.85. The molecule has 1 saturated heterocycles. The first-order valence-electron chi connectivity index (χ1n) is 6.26. The molecule has 0 bridgehead atoms. The number of halogens is 1. The number of nitrogens with zero attached hydrogens (tertiary/aromatic N) is 2. The number of fused-ring (bicyclic) bond motifs is 1. The molecule has 98 valence electrons. The lowest BCUT2D eigenvalue weighted by Crippen LogP contribution is -2.47. The highest BCUT2D eigenvalue weighted by Gasteiger charge is 2.17. The van der Waals surface area contributed by atoms with E-state index in [0.29, 0.717) is 18.2 Å². The maximum Gasteiger partial charge on any atom is 0.236 e. The van der Waals surface area contributed by atoms with Gasteiger partial charge in [0.25, 0.3) is 0 Å². The van der Waals surface area contributed by atoms with Crippen LogP contribution in [0, 0.1) is 0 Å². The molecule has 0 spiro atoms. The zero-order chi connectivity index (χ0) is 13.2. The molecule has 0 aliphatic carbocycles. The summed E-state index contributed by atoms with van der Waals surface area (Å²) >= 11 is 5.86. The Morgan fingerprint density at radius 3 is 3.05 bits per heavy atom. The summed E-state index contributed by atoms with van der Waals surface area (Å²) in [5.74, 6) is 0.153. The van der Waals surface area contributed by atoms with E-state index in [1.54, 1.807) is 6.07 Å². The van der Waals surface area contributed by atoms with Crippen LogP contribution in [0.25, 0.3) is 10.9 Å². The summed E-state index contributed by atoms with van der Waals surface area (Å²) in [6, 6.07) is 9.75. The Morgan fingerprint density at radius 1 is 1.32 bits per heavy atom. The van der Waals surface area contributed by atoms with Crippen molar-refractivity contribution in [2.24, 2.45) is 0 Å². The molecule has 1 aliphatic rings. The third-order valence-corrected chi connectivity index (χ3v) is 3.49. The summed E-state index contributed by atoms with van der Waals surface area (Å²) in [7, 11) is 0. The van der Waals surface area contributed by atoms with Crippen molar-refractivity contribution in [1.82, 2.24) is 15.2 Å². The summed E-state index contributed by atoms with van der Waals surface area (Å²) in [6.45, 7) is 2.70. The van der Waals surface area contributed by atoms with Crippen molar-refractivity contribution in [2.45, 2.75) is 6.54 Å². The second-order valence-electron chi connectivity index (χ2n) is 4.65. The highest BCUT2D eigenvalue weighted by atomic mass is 35.5. The second kappa shape index (κ2) is 5.15. The summed E-state index contributed by atoms with van der Waals surface area (Å²) < 4.78 is 0. The van der Waals surface area contributed by atoms with E-state index in [-0.39, 0.29) is 5.91 Å². The molecule has 2 aromatic rings. The maximum atomic E-state index is 11.7. The number of benzene rings is 1. The van der Waals surface area contributed by atoms with Crippen molar-refractivity contribution >= 4 is 28.4 Å². The molecule has 5 heteroatoms. The minimum atomic E-state index is 0.153. The quantitative estimate of drug-likeness (QED) is 0.851. The lowest BCUT2D eigenvalue weighted by molar-refractivity contribution is -0.132. The molecule has 1 N–H and O–H groups in total. The van der Waals surface area contributed by atoms with Crippen molar-refractivity contribution in [3.63, 3.8) is 0 Å². The van der Waals surface area contributed by atoms with E-state index in [1.165, 1.54) is 0 Å². The normalized spacial score (nSPS) is 16.1. The monoisotopic (exact) mass is 275 g/mol. The molecular weight excluding hydrogens is 262 g/mol. The third-order valence-electron chi connectivity index (χ3n) is 3.28. The minimum Gasteiger partial charge on any atom is -0.336 e. The molecule has 1 fully saturated rings. The zero-order valence-electron chi connectivity index (χ0n) is 10.4. The summed E-state index contributed by atoms with van der Waals surface area (Å²) in [5, 5.41) is 4.61. The Morgan fingerprint density at radius 2 is 2.21 bits per heavy atom. The fourth-order valence-electron chi connectivity index (χ4n) is 2.28.